The van der Waals surface area contributed by atoms with Crippen molar-refractivity contribution in [3.63, 3.8) is 0 Å². The predicted octanol–water partition coefficient (Wildman–Crippen LogP) is 2.55. The Kier molecular flexibility index (Phi) is 4.24. The molecule has 1 heterocycles. The van der Waals surface area contributed by atoms with Crippen LogP contribution in [0.25, 0.3) is 0 Å². The standard InChI is InChI=1S/C15H16N4O2/c1-3-9-10(8-16)15(19-18-11(9)4-2)21-13-7-5-6-12(20)14(13)17/h5-7,20H,3-4,17H2,1-2H3. The van der Waals surface area contributed by atoms with Crippen molar-refractivity contribution in [1.82, 2.24) is 10.2 Å². The summed E-state index contributed by atoms with van der Waals surface area (Å²) < 4.78 is 5.57. The second kappa shape index (κ2) is 6.09. The fourth-order valence-corrected chi connectivity index (χ4v) is 2.07. The smallest absolute Gasteiger partial charge is 0.257 e. The number of phenols is 1. The van der Waals surface area contributed by atoms with Crippen molar-refractivity contribution in [2.45, 2.75) is 26.7 Å². The number of nitriles is 1. The van der Waals surface area contributed by atoms with Crippen LogP contribution in [0.15, 0.2) is 18.2 Å². The predicted molar refractivity (Wildman–Crippen MR) is 78.1 cm³/mol. The lowest BCUT2D eigenvalue weighted by atomic mass is 10.0. The van der Waals surface area contributed by atoms with E-state index in [0.29, 0.717) is 18.4 Å². The van der Waals surface area contributed by atoms with Gasteiger partial charge in [-0.1, -0.05) is 19.9 Å². The Bertz CT molecular complexity index is 708. The molecule has 0 unspecified atom stereocenters. The van der Waals surface area contributed by atoms with Crippen LogP contribution in [-0.2, 0) is 12.8 Å². The maximum Gasteiger partial charge on any atom is 0.257 e. The van der Waals surface area contributed by atoms with Crippen molar-refractivity contribution in [2.75, 3.05) is 5.73 Å². The second-order valence-electron chi connectivity index (χ2n) is 4.42. The molecule has 1 aromatic carbocycles. The van der Waals surface area contributed by atoms with Crippen molar-refractivity contribution in [1.29, 1.82) is 5.26 Å². The number of aromatic hydroxyl groups is 1. The third-order valence-electron chi connectivity index (χ3n) is 3.18. The molecule has 1 aromatic heterocycles. The molecular formula is C15H16N4O2. The number of aryl methyl sites for hydroxylation is 1. The van der Waals surface area contributed by atoms with Crippen molar-refractivity contribution < 1.29 is 9.84 Å². The third-order valence-corrected chi connectivity index (χ3v) is 3.18. The fraction of sp³-hybridized carbons (Fsp3) is 0.267. The van der Waals surface area contributed by atoms with Crippen molar-refractivity contribution >= 4 is 5.69 Å². The number of para-hydroxylation sites is 1. The molecule has 0 spiro atoms. The molecule has 2 rings (SSSR count). The van der Waals surface area contributed by atoms with Gasteiger partial charge in [0.15, 0.2) is 5.75 Å². The Morgan fingerprint density at radius 2 is 2.05 bits per heavy atom. The monoisotopic (exact) mass is 284 g/mol. The summed E-state index contributed by atoms with van der Waals surface area (Å²) in [5.41, 5.74) is 7.80. The number of rotatable bonds is 4. The average Bonchev–Trinajstić information content (AvgIpc) is 2.51. The van der Waals surface area contributed by atoms with Crippen LogP contribution >= 0.6 is 0 Å². The molecule has 0 saturated carbocycles. The lowest BCUT2D eigenvalue weighted by Gasteiger charge is -2.12. The van der Waals surface area contributed by atoms with Crippen molar-refractivity contribution in [3.8, 4) is 23.4 Å². The quantitative estimate of drug-likeness (QED) is 0.660. The summed E-state index contributed by atoms with van der Waals surface area (Å²) in [5, 5.41) is 27.0. The molecule has 3 N–H and O–H groups in total. The van der Waals surface area contributed by atoms with Gasteiger partial charge in [-0.25, -0.2) is 0 Å². The summed E-state index contributed by atoms with van der Waals surface area (Å²) in [7, 11) is 0. The Morgan fingerprint density at radius 3 is 2.67 bits per heavy atom. The zero-order chi connectivity index (χ0) is 15.4. The van der Waals surface area contributed by atoms with E-state index in [4.69, 9.17) is 10.5 Å². The first-order valence-electron chi connectivity index (χ1n) is 6.66. The molecule has 6 nitrogen and oxygen atoms in total. The van der Waals surface area contributed by atoms with E-state index in [2.05, 4.69) is 16.3 Å². The Labute approximate surface area is 122 Å². The Balaban J connectivity index is 2.50. The Hall–Kier alpha value is -2.81. The maximum absolute atomic E-state index is 9.58. The van der Waals surface area contributed by atoms with Crippen LogP contribution in [0.4, 0.5) is 5.69 Å². The van der Waals surface area contributed by atoms with E-state index in [0.717, 1.165) is 11.3 Å². The minimum absolute atomic E-state index is 0.0835. The zero-order valence-electron chi connectivity index (χ0n) is 11.9. The largest absolute Gasteiger partial charge is 0.506 e. The maximum atomic E-state index is 9.58. The first-order chi connectivity index (χ1) is 10.1. The first kappa shape index (κ1) is 14.6. The average molecular weight is 284 g/mol. The van der Waals surface area contributed by atoms with Crippen LogP contribution in [0.1, 0.15) is 30.7 Å². The topological polar surface area (TPSA) is 105 Å². The zero-order valence-corrected chi connectivity index (χ0v) is 11.9. The summed E-state index contributed by atoms with van der Waals surface area (Å²) in [4.78, 5) is 0. The lowest BCUT2D eigenvalue weighted by molar-refractivity contribution is 0.442. The lowest BCUT2D eigenvalue weighted by Crippen LogP contribution is -2.05. The molecule has 0 aliphatic heterocycles. The van der Waals surface area contributed by atoms with Crippen molar-refractivity contribution in [3.05, 3.63) is 35.0 Å². The Morgan fingerprint density at radius 1 is 1.29 bits per heavy atom. The third kappa shape index (κ3) is 2.72. The summed E-state index contributed by atoms with van der Waals surface area (Å²) in [6.45, 7) is 3.90. The molecule has 0 fully saturated rings. The summed E-state index contributed by atoms with van der Waals surface area (Å²) in [6.07, 6.45) is 1.35. The van der Waals surface area contributed by atoms with E-state index in [9.17, 15) is 10.4 Å². The van der Waals surface area contributed by atoms with Gasteiger partial charge in [-0.15, -0.1) is 5.10 Å². The molecule has 108 valence electrons. The number of phenolic OH excluding ortho intramolecular Hbond substituents is 1. The molecule has 0 bridgehead atoms. The number of benzene rings is 1. The van der Waals surface area contributed by atoms with Crippen molar-refractivity contribution in [2.24, 2.45) is 0 Å². The van der Waals surface area contributed by atoms with Crippen LogP contribution in [-0.4, -0.2) is 15.3 Å². The molecule has 6 heteroatoms. The van der Waals surface area contributed by atoms with Gasteiger partial charge in [-0.05, 0) is 30.5 Å². The molecule has 0 aliphatic rings. The van der Waals surface area contributed by atoms with E-state index in [-0.39, 0.29) is 23.1 Å². The highest BCUT2D eigenvalue weighted by atomic mass is 16.5. The molecule has 0 aliphatic carbocycles. The van der Waals surface area contributed by atoms with Crippen LogP contribution in [0.5, 0.6) is 17.4 Å². The second-order valence-corrected chi connectivity index (χ2v) is 4.42. The molecule has 2 aromatic rings. The van der Waals surface area contributed by atoms with Gasteiger partial charge in [0.1, 0.15) is 23.1 Å². The highest BCUT2D eigenvalue weighted by Gasteiger charge is 2.17. The summed E-state index contributed by atoms with van der Waals surface area (Å²) in [6, 6.07) is 6.76. The molecule has 0 saturated heterocycles. The number of nitrogens with zero attached hydrogens (tertiary/aromatic N) is 3. The van der Waals surface area contributed by atoms with Gasteiger partial charge in [0, 0.05) is 0 Å². The highest BCUT2D eigenvalue weighted by molar-refractivity contribution is 5.63. The SMILES string of the molecule is CCc1nnc(Oc2cccc(O)c2N)c(C#N)c1CC. The first-order valence-corrected chi connectivity index (χ1v) is 6.66. The van der Waals surface area contributed by atoms with E-state index < -0.39 is 0 Å². The summed E-state index contributed by atoms with van der Waals surface area (Å²) >= 11 is 0. The van der Waals surface area contributed by atoms with Gasteiger partial charge in [-0.2, -0.15) is 10.4 Å². The van der Waals surface area contributed by atoms with Crippen LogP contribution in [0.3, 0.4) is 0 Å². The number of aromatic nitrogens is 2. The number of nitrogens with two attached hydrogens (primary N) is 1. The van der Waals surface area contributed by atoms with E-state index >= 15 is 0 Å². The van der Waals surface area contributed by atoms with Gasteiger partial charge in [-0.3, -0.25) is 0 Å². The molecule has 21 heavy (non-hydrogen) atoms. The van der Waals surface area contributed by atoms with Gasteiger partial charge in [0.2, 0.25) is 0 Å². The molecular weight excluding hydrogens is 268 g/mol. The minimum atomic E-state index is -0.0835. The van der Waals surface area contributed by atoms with Crippen LogP contribution in [0, 0.1) is 11.3 Å². The molecule has 0 atom stereocenters. The molecule has 0 amide bonds. The highest BCUT2D eigenvalue weighted by Crippen LogP contribution is 2.34. The van der Waals surface area contributed by atoms with E-state index in [1.807, 2.05) is 13.8 Å². The van der Waals surface area contributed by atoms with Crippen LogP contribution < -0.4 is 10.5 Å². The van der Waals surface area contributed by atoms with Gasteiger partial charge >= 0.3 is 0 Å². The molecule has 0 radical (unpaired) electrons. The van der Waals surface area contributed by atoms with Gasteiger partial charge in [0.25, 0.3) is 5.88 Å². The number of ether oxygens (including phenoxy) is 1. The van der Waals surface area contributed by atoms with E-state index in [1.54, 1.807) is 12.1 Å². The number of hydrogen-bond donors (Lipinski definition) is 2. The number of nitrogen functional groups attached to an aromatic ring is 1. The normalized spacial score (nSPS) is 10.1. The van der Waals surface area contributed by atoms with Gasteiger partial charge in [0.05, 0.1) is 5.69 Å². The fourth-order valence-electron chi connectivity index (χ4n) is 2.07. The van der Waals surface area contributed by atoms with Gasteiger partial charge < -0.3 is 15.6 Å². The summed E-state index contributed by atoms with van der Waals surface area (Å²) in [5.74, 6) is 0.260. The minimum Gasteiger partial charge on any atom is -0.506 e. The van der Waals surface area contributed by atoms with Crippen LogP contribution in [0.2, 0.25) is 0 Å². The van der Waals surface area contributed by atoms with E-state index in [1.165, 1.54) is 6.07 Å². The number of anilines is 1. The number of hydrogen-bond acceptors (Lipinski definition) is 6.